The minimum atomic E-state index is -0.522. The van der Waals surface area contributed by atoms with Crippen molar-refractivity contribution >= 4 is 11.7 Å². The fourth-order valence-corrected chi connectivity index (χ4v) is 1.95. The Morgan fingerprint density at radius 3 is 2.82 bits per heavy atom. The number of aromatic nitrogens is 2. The highest BCUT2D eigenvalue weighted by molar-refractivity contribution is 6.99. The van der Waals surface area contributed by atoms with E-state index in [0.29, 0.717) is 24.4 Å². The predicted molar refractivity (Wildman–Crippen MR) is 68.3 cm³/mol. The number of aliphatic hydroxyl groups excluding tert-OH is 1. The van der Waals surface area contributed by atoms with E-state index in [-0.39, 0.29) is 6.61 Å². The van der Waals surface area contributed by atoms with Crippen molar-refractivity contribution in [2.45, 2.75) is 39.3 Å². The zero-order valence-electron chi connectivity index (χ0n) is 10.6. The monoisotopic (exact) mass is 259 g/mol. The summed E-state index contributed by atoms with van der Waals surface area (Å²) in [7, 11) is 0. The van der Waals surface area contributed by atoms with Gasteiger partial charge in [0.2, 0.25) is 5.88 Å². The van der Waals surface area contributed by atoms with Crippen LogP contribution in [0.5, 0.6) is 5.88 Å². The van der Waals surface area contributed by atoms with E-state index in [0.717, 1.165) is 18.1 Å². The van der Waals surface area contributed by atoms with Gasteiger partial charge in [0.15, 0.2) is 0 Å². The molecule has 0 amide bonds. The Morgan fingerprint density at radius 2 is 2.24 bits per heavy atom. The standard InChI is InChI=1S/C11H21N3O2S/c1-8(2)4-9(3)12-5-10(15)7-16-11-6-13-17-14-11/h6,8-10,12,15H,4-5,7H2,1-3H3. The number of rotatable bonds is 8. The first kappa shape index (κ1) is 14.3. The quantitative estimate of drug-likeness (QED) is 0.736. The third-order valence-corrected chi connectivity index (χ3v) is 2.75. The number of nitrogens with one attached hydrogen (secondary N) is 1. The van der Waals surface area contributed by atoms with Crippen LogP contribution in [0.2, 0.25) is 0 Å². The van der Waals surface area contributed by atoms with Crippen LogP contribution in [0.4, 0.5) is 0 Å². The van der Waals surface area contributed by atoms with Crippen LogP contribution in [0.15, 0.2) is 6.20 Å². The van der Waals surface area contributed by atoms with Crippen LogP contribution in [-0.4, -0.2) is 39.2 Å². The molecule has 2 unspecified atom stereocenters. The van der Waals surface area contributed by atoms with Gasteiger partial charge < -0.3 is 15.2 Å². The van der Waals surface area contributed by atoms with E-state index >= 15 is 0 Å². The molecule has 2 N–H and O–H groups in total. The molecule has 0 aliphatic heterocycles. The molecule has 1 rings (SSSR count). The van der Waals surface area contributed by atoms with Crippen LogP contribution >= 0.6 is 11.7 Å². The molecule has 17 heavy (non-hydrogen) atoms. The van der Waals surface area contributed by atoms with Gasteiger partial charge in [-0.05, 0) is 19.3 Å². The Balaban J connectivity index is 2.10. The first-order chi connectivity index (χ1) is 8.08. The number of hydrogen-bond acceptors (Lipinski definition) is 6. The predicted octanol–water partition coefficient (Wildman–Crippen LogP) is 1.30. The van der Waals surface area contributed by atoms with Gasteiger partial charge in [0.05, 0.1) is 11.7 Å². The summed E-state index contributed by atoms with van der Waals surface area (Å²) in [5.74, 6) is 1.14. The maximum atomic E-state index is 9.70. The third kappa shape index (κ3) is 6.55. The highest BCUT2D eigenvalue weighted by Crippen LogP contribution is 2.06. The Kier molecular flexibility index (Phi) is 6.39. The van der Waals surface area contributed by atoms with Crippen LogP contribution in [0.25, 0.3) is 0 Å². The van der Waals surface area contributed by atoms with Crippen molar-refractivity contribution in [1.82, 2.24) is 14.1 Å². The maximum absolute atomic E-state index is 9.70. The molecule has 0 fully saturated rings. The molecule has 1 aromatic rings. The van der Waals surface area contributed by atoms with Gasteiger partial charge >= 0.3 is 0 Å². The number of nitrogens with zero attached hydrogens (tertiary/aromatic N) is 2. The molecule has 6 heteroatoms. The second kappa shape index (κ2) is 7.58. The van der Waals surface area contributed by atoms with Crippen LogP contribution in [0, 0.1) is 5.92 Å². The summed E-state index contributed by atoms with van der Waals surface area (Å²) in [6.45, 7) is 7.27. The molecule has 0 aromatic carbocycles. The average molecular weight is 259 g/mol. The molecular formula is C11H21N3O2S. The summed E-state index contributed by atoms with van der Waals surface area (Å²) >= 11 is 1.09. The highest BCUT2D eigenvalue weighted by Gasteiger charge is 2.09. The van der Waals surface area contributed by atoms with Gasteiger partial charge in [-0.2, -0.15) is 4.37 Å². The van der Waals surface area contributed by atoms with Crippen molar-refractivity contribution in [2.75, 3.05) is 13.2 Å². The molecule has 2 atom stereocenters. The van der Waals surface area contributed by atoms with Crippen LogP contribution in [-0.2, 0) is 0 Å². The molecule has 0 bridgehead atoms. The molecule has 0 radical (unpaired) electrons. The van der Waals surface area contributed by atoms with Gasteiger partial charge in [-0.3, -0.25) is 0 Å². The Bertz CT molecular complexity index is 293. The van der Waals surface area contributed by atoms with E-state index in [1.54, 1.807) is 6.20 Å². The molecule has 0 saturated carbocycles. The van der Waals surface area contributed by atoms with Gasteiger partial charge in [0.25, 0.3) is 0 Å². The van der Waals surface area contributed by atoms with Gasteiger partial charge in [-0.1, -0.05) is 13.8 Å². The van der Waals surface area contributed by atoms with Crippen LogP contribution in [0.1, 0.15) is 27.2 Å². The van der Waals surface area contributed by atoms with Gasteiger partial charge in [0, 0.05) is 12.6 Å². The summed E-state index contributed by atoms with van der Waals surface area (Å²) in [5.41, 5.74) is 0. The van der Waals surface area contributed by atoms with E-state index in [1.807, 2.05) is 0 Å². The van der Waals surface area contributed by atoms with E-state index < -0.39 is 6.10 Å². The molecule has 5 nitrogen and oxygen atoms in total. The Hall–Kier alpha value is -0.720. The molecule has 0 aliphatic rings. The van der Waals surface area contributed by atoms with Crippen molar-refractivity contribution in [2.24, 2.45) is 5.92 Å². The van der Waals surface area contributed by atoms with E-state index in [2.05, 4.69) is 34.8 Å². The summed E-state index contributed by atoms with van der Waals surface area (Å²) in [5, 5.41) is 13.0. The van der Waals surface area contributed by atoms with Crippen LogP contribution in [0.3, 0.4) is 0 Å². The van der Waals surface area contributed by atoms with Crippen molar-refractivity contribution in [3.8, 4) is 5.88 Å². The average Bonchev–Trinajstić information content (AvgIpc) is 2.75. The van der Waals surface area contributed by atoms with Gasteiger partial charge in [-0.15, -0.1) is 4.37 Å². The number of ether oxygens (including phenoxy) is 1. The fraction of sp³-hybridized carbons (Fsp3) is 0.818. The molecule has 0 saturated heterocycles. The van der Waals surface area contributed by atoms with Gasteiger partial charge in [-0.25, -0.2) is 0 Å². The zero-order valence-corrected chi connectivity index (χ0v) is 11.4. The lowest BCUT2D eigenvalue weighted by Crippen LogP contribution is -2.37. The second-order valence-electron chi connectivity index (χ2n) is 4.65. The third-order valence-electron chi connectivity index (χ3n) is 2.29. The van der Waals surface area contributed by atoms with E-state index in [9.17, 15) is 5.11 Å². The SMILES string of the molecule is CC(C)CC(C)NCC(O)COc1cnsn1. The zero-order chi connectivity index (χ0) is 12.7. The van der Waals surface area contributed by atoms with Gasteiger partial charge in [0.1, 0.15) is 18.9 Å². The van der Waals surface area contributed by atoms with Crippen molar-refractivity contribution in [3.05, 3.63) is 6.20 Å². The van der Waals surface area contributed by atoms with Crippen LogP contribution < -0.4 is 10.1 Å². The Morgan fingerprint density at radius 1 is 1.47 bits per heavy atom. The summed E-state index contributed by atoms with van der Waals surface area (Å²) < 4.78 is 13.0. The first-order valence-corrected chi connectivity index (χ1v) is 6.62. The summed E-state index contributed by atoms with van der Waals surface area (Å²) in [6.07, 6.45) is 2.13. The summed E-state index contributed by atoms with van der Waals surface area (Å²) in [4.78, 5) is 0. The molecule has 0 aliphatic carbocycles. The Labute approximate surface area is 107 Å². The largest absolute Gasteiger partial charge is 0.473 e. The number of hydrogen-bond donors (Lipinski definition) is 2. The molecule has 1 heterocycles. The molecule has 98 valence electrons. The van der Waals surface area contributed by atoms with Crippen molar-refractivity contribution < 1.29 is 9.84 Å². The number of aliphatic hydroxyl groups is 1. The van der Waals surface area contributed by atoms with Crippen molar-refractivity contribution in [1.29, 1.82) is 0 Å². The molecule has 0 spiro atoms. The molecular weight excluding hydrogens is 238 g/mol. The first-order valence-electron chi connectivity index (χ1n) is 5.89. The lowest BCUT2D eigenvalue weighted by molar-refractivity contribution is 0.101. The normalized spacial score (nSPS) is 14.9. The van der Waals surface area contributed by atoms with Crippen molar-refractivity contribution in [3.63, 3.8) is 0 Å². The lowest BCUT2D eigenvalue weighted by atomic mass is 10.1. The molecule has 1 aromatic heterocycles. The summed E-state index contributed by atoms with van der Waals surface area (Å²) in [6, 6.07) is 0.408. The maximum Gasteiger partial charge on any atom is 0.245 e. The smallest absolute Gasteiger partial charge is 0.245 e. The second-order valence-corrected chi connectivity index (χ2v) is 5.21. The minimum absolute atomic E-state index is 0.243. The van der Waals surface area contributed by atoms with E-state index in [1.165, 1.54) is 0 Å². The lowest BCUT2D eigenvalue weighted by Gasteiger charge is -2.18. The minimum Gasteiger partial charge on any atom is -0.473 e. The topological polar surface area (TPSA) is 67.3 Å². The highest BCUT2D eigenvalue weighted by atomic mass is 32.1. The van der Waals surface area contributed by atoms with E-state index in [4.69, 9.17) is 4.74 Å². The fourth-order valence-electron chi connectivity index (χ4n) is 1.59.